The van der Waals surface area contributed by atoms with Gasteiger partial charge in [0.15, 0.2) is 0 Å². The molecule has 154 valence electrons. The molecule has 6 nitrogen and oxygen atoms in total. The van der Waals surface area contributed by atoms with Crippen LogP contribution in [0.1, 0.15) is 58.8 Å². The van der Waals surface area contributed by atoms with Crippen molar-refractivity contribution in [3.63, 3.8) is 0 Å². The van der Waals surface area contributed by atoms with Crippen molar-refractivity contribution in [1.82, 2.24) is 19.8 Å². The number of carbonyl (C=O) groups excluding carboxylic acids is 2. The Bertz CT molecular complexity index is 892. The third-order valence-corrected chi connectivity index (χ3v) is 6.25. The quantitative estimate of drug-likeness (QED) is 0.867. The molecule has 2 aliphatic heterocycles. The lowest BCUT2D eigenvalue weighted by Crippen LogP contribution is -2.43. The lowest BCUT2D eigenvalue weighted by molar-refractivity contribution is -0.126. The fourth-order valence-corrected chi connectivity index (χ4v) is 4.43. The first kappa shape index (κ1) is 19.7. The zero-order valence-electron chi connectivity index (χ0n) is 17.4. The van der Waals surface area contributed by atoms with Crippen LogP contribution in [-0.2, 0) is 24.3 Å². The maximum absolute atomic E-state index is 13.0. The number of piperidine rings is 1. The first-order valence-electron chi connectivity index (χ1n) is 10.7. The van der Waals surface area contributed by atoms with Gasteiger partial charge in [0.1, 0.15) is 11.5 Å². The molecule has 0 saturated carbocycles. The maximum atomic E-state index is 13.0. The Kier molecular flexibility index (Phi) is 5.69. The molecule has 1 aromatic heterocycles. The summed E-state index contributed by atoms with van der Waals surface area (Å²) in [4.78, 5) is 32.1. The predicted octanol–water partition coefficient (Wildman–Crippen LogP) is 3.00. The monoisotopic (exact) mass is 394 g/mol. The SMILES string of the molecule is Cc1ccc(CNC(=O)C2CCN(C(=O)c3nc(C)n4c3CCCC4)CC2)cc1. The highest BCUT2D eigenvalue weighted by Crippen LogP contribution is 2.24. The van der Waals surface area contributed by atoms with Gasteiger partial charge in [0.05, 0.1) is 5.69 Å². The van der Waals surface area contributed by atoms with E-state index in [4.69, 9.17) is 0 Å². The Morgan fingerprint density at radius 1 is 1.07 bits per heavy atom. The summed E-state index contributed by atoms with van der Waals surface area (Å²) in [5.41, 5.74) is 4.05. The minimum absolute atomic E-state index is 0.0258. The number of benzene rings is 1. The average molecular weight is 395 g/mol. The number of rotatable bonds is 4. The minimum atomic E-state index is -0.0258. The zero-order valence-corrected chi connectivity index (χ0v) is 17.4. The first-order valence-corrected chi connectivity index (χ1v) is 10.7. The molecule has 2 amide bonds. The fourth-order valence-electron chi connectivity index (χ4n) is 4.43. The summed E-state index contributed by atoms with van der Waals surface area (Å²) in [7, 11) is 0. The van der Waals surface area contributed by atoms with Crippen molar-refractivity contribution >= 4 is 11.8 Å². The fraction of sp³-hybridized carbons (Fsp3) is 0.522. The zero-order chi connectivity index (χ0) is 20.4. The number of hydrogen-bond acceptors (Lipinski definition) is 3. The summed E-state index contributed by atoms with van der Waals surface area (Å²) in [5.74, 6) is 1.03. The summed E-state index contributed by atoms with van der Waals surface area (Å²) < 4.78 is 2.20. The van der Waals surface area contributed by atoms with E-state index >= 15 is 0 Å². The molecular formula is C23H30N4O2. The number of likely N-dealkylation sites (tertiary alicyclic amines) is 1. The van der Waals surface area contributed by atoms with Gasteiger partial charge in [0.25, 0.3) is 5.91 Å². The van der Waals surface area contributed by atoms with Gasteiger partial charge < -0.3 is 14.8 Å². The summed E-state index contributed by atoms with van der Waals surface area (Å²) in [6, 6.07) is 8.21. The highest BCUT2D eigenvalue weighted by Gasteiger charge is 2.31. The smallest absolute Gasteiger partial charge is 0.274 e. The van der Waals surface area contributed by atoms with Crippen molar-refractivity contribution < 1.29 is 9.59 Å². The van der Waals surface area contributed by atoms with Crippen LogP contribution in [-0.4, -0.2) is 39.4 Å². The first-order chi connectivity index (χ1) is 14.0. The molecule has 1 saturated heterocycles. The molecule has 4 rings (SSSR count). The number of amides is 2. The van der Waals surface area contributed by atoms with Crippen LogP contribution in [0.4, 0.5) is 0 Å². The molecule has 2 aliphatic rings. The molecule has 0 spiro atoms. The number of carbonyl (C=O) groups is 2. The van der Waals surface area contributed by atoms with Gasteiger partial charge in [-0.15, -0.1) is 0 Å². The van der Waals surface area contributed by atoms with Crippen LogP contribution in [0.15, 0.2) is 24.3 Å². The topological polar surface area (TPSA) is 67.2 Å². The van der Waals surface area contributed by atoms with Crippen LogP contribution in [0.25, 0.3) is 0 Å². The number of fused-ring (bicyclic) bond motifs is 1. The average Bonchev–Trinajstić information content (AvgIpc) is 3.09. The number of nitrogens with zero attached hydrogens (tertiary/aromatic N) is 3. The molecule has 1 aromatic carbocycles. The molecule has 3 heterocycles. The maximum Gasteiger partial charge on any atom is 0.274 e. The van der Waals surface area contributed by atoms with E-state index in [1.165, 1.54) is 5.56 Å². The second-order valence-electron chi connectivity index (χ2n) is 8.33. The van der Waals surface area contributed by atoms with E-state index in [2.05, 4.69) is 33.9 Å². The molecule has 6 heteroatoms. The van der Waals surface area contributed by atoms with E-state index < -0.39 is 0 Å². The van der Waals surface area contributed by atoms with Gasteiger partial charge in [-0.05, 0) is 51.5 Å². The predicted molar refractivity (Wildman–Crippen MR) is 112 cm³/mol. The van der Waals surface area contributed by atoms with Gasteiger partial charge in [-0.3, -0.25) is 9.59 Å². The molecule has 29 heavy (non-hydrogen) atoms. The van der Waals surface area contributed by atoms with Gasteiger partial charge in [-0.1, -0.05) is 29.8 Å². The highest BCUT2D eigenvalue weighted by atomic mass is 16.2. The molecular weight excluding hydrogens is 364 g/mol. The lowest BCUT2D eigenvalue weighted by Gasteiger charge is -2.31. The molecule has 0 radical (unpaired) electrons. The molecule has 0 bridgehead atoms. The minimum Gasteiger partial charge on any atom is -0.352 e. The van der Waals surface area contributed by atoms with Gasteiger partial charge in [0.2, 0.25) is 5.91 Å². The summed E-state index contributed by atoms with van der Waals surface area (Å²) in [5, 5.41) is 3.05. The molecule has 2 aromatic rings. The number of aromatic nitrogens is 2. The Morgan fingerprint density at radius 3 is 2.52 bits per heavy atom. The van der Waals surface area contributed by atoms with Crippen molar-refractivity contribution in [2.45, 2.75) is 59.0 Å². The third kappa shape index (κ3) is 4.21. The molecule has 0 atom stereocenters. The summed E-state index contributed by atoms with van der Waals surface area (Å²) in [6.45, 7) is 6.79. The number of nitrogens with one attached hydrogen (secondary N) is 1. The van der Waals surface area contributed by atoms with Crippen LogP contribution in [0, 0.1) is 19.8 Å². The van der Waals surface area contributed by atoms with Crippen molar-refractivity contribution in [3.8, 4) is 0 Å². The normalized spacial score (nSPS) is 17.1. The Balaban J connectivity index is 1.31. The Morgan fingerprint density at radius 2 is 1.79 bits per heavy atom. The van der Waals surface area contributed by atoms with E-state index in [-0.39, 0.29) is 17.7 Å². The van der Waals surface area contributed by atoms with Crippen LogP contribution in [0.2, 0.25) is 0 Å². The number of imidazole rings is 1. The summed E-state index contributed by atoms with van der Waals surface area (Å²) >= 11 is 0. The summed E-state index contributed by atoms with van der Waals surface area (Å²) in [6.07, 6.45) is 4.62. The van der Waals surface area contributed by atoms with Crippen molar-refractivity contribution in [2.75, 3.05) is 13.1 Å². The van der Waals surface area contributed by atoms with Crippen LogP contribution in [0.3, 0.4) is 0 Å². The standard InChI is InChI=1S/C23H30N4O2/c1-16-6-8-18(9-7-16)15-24-22(28)19-10-13-26(14-11-19)23(29)21-20-5-3-4-12-27(20)17(2)25-21/h6-9,19H,3-5,10-15H2,1-2H3,(H,24,28). The van der Waals surface area contributed by atoms with Gasteiger partial charge in [-0.2, -0.15) is 0 Å². The van der Waals surface area contributed by atoms with Gasteiger partial charge in [0, 0.05) is 32.1 Å². The molecule has 1 fully saturated rings. The van der Waals surface area contributed by atoms with Crippen molar-refractivity contribution in [1.29, 1.82) is 0 Å². The van der Waals surface area contributed by atoms with Crippen molar-refractivity contribution in [3.05, 3.63) is 52.6 Å². The van der Waals surface area contributed by atoms with E-state index in [9.17, 15) is 9.59 Å². The van der Waals surface area contributed by atoms with Crippen LogP contribution < -0.4 is 5.32 Å². The van der Waals surface area contributed by atoms with E-state index in [1.807, 2.05) is 24.0 Å². The second kappa shape index (κ2) is 8.39. The lowest BCUT2D eigenvalue weighted by atomic mass is 9.95. The number of aryl methyl sites for hydroxylation is 2. The third-order valence-electron chi connectivity index (χ3n) is 6.25. The highest BCUT2D eigenvalue weighted by molar-refractivity contribution is 5.94. The van der Waals surface area contributed by atoms with Gasteiger partial charge in [-0.25, -0.2) is 4.98 Å². The van der Waals surface area contributed by atoms with Crippen molar-refractivity contribution in [2.24, 2.45) is 5.92 Å². The second-order valence-corrected chi connectivity index (χ2v) is 8.33. The largest absolute Gasteiger partial charge is 0.352 e. The molecule has 0 unspecified atom stereocenters. The molecule has 0 aliphatic carbocycles. The van der Waals surface area contributed by atoms with Gasteiger partial charge >= 0.3 is 0 Å². The van der Waals surface area contributed by atoms with Crippen LogP contribution >= 0.6 is 0 Å². The Labute approximate surface area is 172 Å². The van der Waals surface area contributed by atoms with E-state index in [0.29, 0.717) is 38.2 Å². The van der Waals surface area contributed by atoms with E-state index in [0.717, 1.165) is 42.9 Å². The van der Waals surface area contributed by atoms with E-state index in [1.54, 1.807) is 0 Å². The van der Waals surface area contributed by atoms with Crippen LogP contribution in [0.5, 0.6) is 0 Å². The Hall–Kier alpha value is -2.63. The molecule has 1 N–H and O–H groups in total. The number of hydrogen-bond donors (Lipinski definition) is 1.